The number of carbonyl (C=O) groups excluding carboxylic acids is 3. The first-order valence-electron chi connectivity index (χ1n) is 9.04. The van der Waals surface area contributed by atoms with Crippen LogP contribution in [0.2, 0.25) is 0 Å². The second-order valence-corrected chi connectivity index (χ2v) is 7.15. The van der Waals surface area contributed by atoms with E-state index in [1.807, 2.05) is 0 Å². The molecule has 0 aliphatic carbocycles. The molecule has 2 aromatic carbocycles. The first-order chi connectivity index (χ1) is 13.7. The molecule has 8 heteroatoms. The third-order valence-electron chi connectivity index (χ3n) is 4.82. The number of likely N-dealkylation sites (N-methyl/N-ethyl adjacent to an activating group) is 1. The normalized spacial score (nSPS) is 15.5. The summed E-state index contributed by atoms with van der Waals surface area (Å²) in [6.07, 6.45) is 0.203. The Labute approximate surface area is 167 Å². The summed E-state index contributed by atoms with van der Waals surface area (Å²) in [5, 5.41) is 2.66. The van der Waals surface area contributed by atoms with E-state index in [0.717, 1.165) is 17.7 Å². The van der Waals surface area contributed by atoms with Crippen molar-refractivity contribution < 1.29 is 23.2 Å². The summed E-state index contributed by atoms with van der Waals surface area (Å²) in [5.41, 5.74) is 1.38. The van der Waals surface area contributed by atoms with Crippen molar-refractivity contribution in [2.24, 2.45) is 0 Å². The van der Waals surface area contributed by atoms with Crippen molar-refractivity contribution in [3.63, 3.8) is 0 Å². The fourth-order valence-corrected chi connectivity index (χ4v) is 3.44. The van der Waals surface area contributed by atoms with Crippen molar-refractivity contribution in [2.75, 3.05) is 19.4 Å². The van der Waals surface area contributed by atoms with E-state index in [0.29, 0.717) is 11.3 Å². The van der Waals surface area contributed by atoms with Crippen molar-refractivity contribution >= 4 is 23.4 Å². The maximum Gasteiger partial charge on any atom is 0.260 e. The SMILES string of the molecule is CC(=O)Nc1ccc2c(c1)CN(C(=O)c1c(F)cccc1F)[C@H](C(=O)N(C)C)C2. The quantitative estimate of drug-likeness (QED) is 0.860. The van der Waals surface area contributed by atoms with Crippen LogP contribution in [-0.4, -0.2) is 47.7 Å². The van der Waals surface area contributed by atoms with Gasteiger partial charge >= 0.3 is 0 Å². The van der Waals surface area contributed by atoms with Gasteiger partial charge in [-0.15, -0.1) is 0 Å². The summed E-state index contributed by atoms with van der Waals surface area (Å²) in [6.45, 7) is 1.36. The first kappa shape index (κ1) is 20.4. The zero-order valence-electron chi connectivity index (χ0n) is 16.3. The molecule has 2 aromatic rings. The molecule has 0 spiro atoms. The van der Waals surface area contributed by atoms with Gasteiger partial charge in [-0.1, -0.05) is 12.1 Å². The van der Waals surface area contributed by atoms with Crippen molar-refractivity contribution in [3.05, 3.63) is 64.7 Å². The fourth-order valence-electron chi connectivity index (χ4n) is 3.44. The molecular weight excluding hydrogens is 380 g/mol. The average Bonchev–Trinajstić information content (AvgIpc) is 2.65. The smallest absolute Gasteiger partial charge is 0.260 e. The van der Waals surface area contributed by atoms with Crippen LogP contribution >= 0.6 is 0 Å². The molecule has 1 aliphatic heterocycles. The second kappa shape index (κ2) is 7.98. The summed E-state index contributed by atoms with van der Waals surface area (Å²) >= 11 is 0. The molecule has 0 unspecified atom stereocenters. The number of hydrogen-bond acceptors (Lipinski definition) is 3. The van der Waals surface area contributed by atoms with Gasteiger partial charge in [0.1, 0.15) is 23.2 Å². The van der Waals surface area contributed by atoms with Gasteiger partial charge in [-0.05, 0) is 35.4 Å². The summed E-state index contributed by atoms with van der Waals surface area (Å²) in [4.78, 5) is 39.6. The van der Waals surface area contributed by atoms with Gasteiger partial charge in [-0.25, -0.2) is 8.78 Å². The average molecular weight is 401 g/mol. The topological polar surface area (TPSA) is 69.7 Å². The molecule has 152 valence electrons. The molecule has 0 saturated heterocycles. The van der Waals surface area contributed by atoms with Gasteiger partial charge in [0, 0.05) is 39.7 Å². The summed E-state index contributed by atoms with van der Waals surface area (Å²) in [7, 11) is 3.12. The van der Waals surface area contributed by atoms with Gasteiger partial charge in [0.25, 0.3) is 5.91 Å². The number of benzene rings is 2. The number of carbonyl (C=O) groups is 3. The number of rotatable bonds is 3. The van der Waals surface area contributed by atoms with E-state index in [4.69, 9.17) is 0 Å². The Kier molecular flexibility index (Phi) is 5.63. The molecule has 1 N–H and O–H groups in total. The molecule has 0 aromatic heterocycles. The van der Waals surface area contributed by atoms with E-state index in [2.05, 4.69) is 5.32 Å². The van der Waals surface area contributed by atoms with Crippen LogP contribution in [-0.2, 0) is 22.6 Å². The number of hydrogen-bond donors (Lipinski definition) is 1. The van der Waals surface area contributed by atoms with Gasteiger partial charge < -0.3 is 15.1 Å². The van der Waals surface area contributed by atoms with Crippen LogP contribution < -0.4 is 5.32 Å². The largest absolute Gasteiger partial charge is 0.347 e. The molecule has 0 saturated carbocycles. The van der Waals surface area contributed by atoms with Crippen molar-refractivity contribution in [3.8, 4) is 0 Å². The number of fused-ring (bicyclic) bond motifs is 1. The predicted molar refractivity (Wildman–Crippen MR) is 103 cm³/mol. The zero-order valence-corrected chi connectivity index (χ0v) is 16.3. The maximum absolute atomic E-state index is 14.2. The van der Waals surface area contributed by atoms with Crippen LogP contribution in [0.15, 0.2) is 36.4 Å². The van der Waals surface area contributed by atoms with Crippen molar-refractivity contribution in [1.82, 2.24) is 9.80 Å². The molecule has 0 radical (unpaired) electrons. The Morgan fingerprint density at radius 1 is 1.07 bits per heavy atom. The molecule has 6 nitrogen and oxygen atoms in total. The molecule has 0 bridgehead atoms. The van der Waals surface area contributed by atoms with Gasteiger partial charge in [0.05, 0.1) is 0 Å². The summed E-state index contributed by atoms with van der Waals surface area (Å²) in [6, 6.07) is 7.49. The Bertz CT molecular complexity index is 971. The van der Waals surface area contributed by atoms with Crippen LogP contribution in [0.3, 0.4) is 0 Å². The number of halogens is 2. The predicted octanol–water partition coefficient (Wildman–Crippen LogP) is 2.58. The Hall–Kier alpha value is -3.29. The standard InChI is InChI=1S/C21H21F2N3O3/c1-12(27)24-15-8-7-13-10-18(20(28)25(2)3)26(11-14(13)9-15)21(29)19-16(22)5-4-6-17(19)23/h4-9,18H,10-11H2,1-3H3,(H,24,27)/t18-/m0/s1. The monoisotopic (exact) mass is 401 g/mol. The summed E-state index contributed by atoms with van der Waals surface area (Å²) in [5.74, 6) is -3.45. The highest BCUT2D eigenvalue weighted by molar-refractivity contribution is 5.98. The molecular formula is C21H21F2N3O3. The molecule has 3 rings (SSSR count). The van der Waals surface area contributed by atoms with E-state index >= 15 is 0 Å². The van der Waals surface area contributed by atoms with Crippen LogP contribution in [0.25, 0.3) is 0 Å². The second-order valence-electron chi connectivity index (χ2n) is 7.15. The van der Waals surface area contributed by atoms with Crippen LogP contribution in [0.5, 0.6) is 0 Å². The van der Waals surface area contributed by atoms with Crippen LogP contribution in [0.4, 0.5) is 14.5 Å². The molecule has 1 aliphatic rings. The highest BCUT2D eigenvalue weighted by atomic mass is 19.1. The van der Waals surface area contributed by atoms with Crippen molar-refractivity contribution in [1.29, 1.82) is 0 Å². The first-order valence-corrected chi connectivity index (χ1v) is 9.04. The molecule has 0 fully saturated rings. The van der Waals surface area contributed by atoms with Crippen LogP contribution in [0, 0.1) is 11.6 Å². The van der Waals surface area contributed by atoms with Gasteiger partial charge in [-0.3, -0.25) is 14.4 Å². The van der Waals surface area contributed by atoms with E-state index < -0.39 is 29.1 Å². The minimum atomic E-state index is -0.983. The lowest BCUT2D eigenvalue weighted by atomic mass is 9.92. The Balaban J connectivity index is 2.04. The molecule has 3 amide bonds. The third kappa shape index (κ3) is 4.11. The maximum atomic E-state index is 14.2. The number of amides is 3. The highest BCUT2D eigenvalue weighted by Crippen LogP contribution is 2.29. The summed E-state index contributed by atoms with van der Waals surface area (Å²) < 4.78 is 28.4. The Morgan fingerprint density at radius 3 is 2.31 bits per heavy atom. The van der Waals surface area contributed by atoms with Crippen LogP contribution in [0.1, 0.15) is 28.4 Å². The zero-order chi connectivity index (χ0) is 21.3. The van der Waals surface area contributed by atoms with E-state index in [1.54, 1.807) is 32.3 Å². The fraction of sp³-hybridized carbons (Fsp3) is 0.286. The van der Waals surface area contributed by atoms with Gasteiger partial charge in [0.2, 0.25) is 11.8 Å². The third-order valence-corrected chi connectivity index (χ3v) is 4.82. The minimum absolute atomic E-state index is 0.0143. The van der Waals surface area contributed by atoms with E-state index in [-0.39, 0.29) is 24.8 Å². The van der Waals surface area contributed by atoms with Gasteiger partial charge in [-0.2, -0.15) is 0 Å². The van der Waals surface area contributed by atoms with E-state index in [1.165, 1.54) is 22.8 Å². The van der Waals surface area contributed by atoms with E-state index in [9.17, 15) is 23.2 Å². The lowest BCUT2D eigenvalue weighted by Gasteiger charge is -2.37. The lowest BCUT2D eigenvalue weighted by molar-refractivity contribution is -0.134. The molecule has 1 heterocycles. The van der Waals surface area contributed by atoms with Gasteiger partial charge in [0.15, 0.2) is 0 Å². The number of anilines is 1. The molecule has 29 heavy (non-hydrogen) atoms. The Morgan fingerprint density at radius 2 is 1.72 bits per heavy atom. The number of nitrogens with zero attached hydrogens (tertiary/aromatic N) is 2. The highest BCUT2D eigenvalue weighted by Gasteiger charge is 2.37. The minimum Gasteiger partial charge on any atom is -0.347 e. The molecule has 1 atom stereocenters. The number of nitrogens with one attached hydrogen (secondary N) is 1. The lowest BCUT2D eigenvalue weighted by Crippen LogP contribution is -2.52. The van der Waals surface area contributed by atoms with Crippen molar-refractivity contribution in [2.45, 2.75) is 25.9 Å².